The van der Waals surface area contributed by atoms with Crippen LogP contribution in [0.2, 0.25) is 0 Å². The highest BCUT2D eigenvalue weighted by Crippen LogP contribution is 2.38. The molecule has 0 spiro atoms. The Labute approximate surface area is 154 Å². The maximum Gasteiger partial charge on any atom is 0.242 e. The fourth-order valence-electron chi connectivity index (χ4n) is 2.52. The summed E-state index contributed by atoms with van der Waals surface area (Å²) < 4.78 is 0.668. The van der Waals surface area contributed by atoms with Gasteiger partial charge in [-0.1, -0.05) is 59.5 Å². The van der Waals surface area contributed by atoms with Crippen LogP contribution >= 0.6 is 23.1 Å². The number of carbonyl (C=O) groups is 1. The second-order valence-corrected chi connectivity index (χ2v) is 8.04. The van der Waals surface area contributed by atoms with Crippen LogP contribution in [0.25, 0.3) is 0 Å². The normalized spacial score (nSPS) is 11.9. The molecule has 2 aromatic carbocycles. The predicted molar refractivity (Wildman–Crippen MR) is 104 cm³/mol. The highest BCUT2D eigenvalue weighted by molar-refractivity contribution is 8.02. The summed E-state index contributed by atoms with van der Waals surface area (Å²) in [6, 6.07) is 15.6. The molecule has 1 aromatic heterocycles. The zero-order valence-corrected chi connectivity index (χ0v) is 15.5. The topological polar surface area (TPSA) is 80.9 Å². The fraction of sp³-hybridized carbons (Fsp3) is 0.167. The van der Waals surface area contributed by atoms with Crippen molar-refractivity contribution in [2.75, 3.05) is 11.1 Å². The number of benzene rings is 2. The lowest BCUT2D eigenvalue weighted by molar-refractivity contribution is -0.115. The summed E-state index contributed by atoms with van der Waals surface area (Å²) >= 11 is 2.63. The Kier molecular flexibility index (Phi) is 5.35. The van der Waals surface area contributed by atoms with Crippen molar-refractivity contribution in [3.05, 3.63) is 65.2 Å². The summed E-state index contributed by atoms with van der Waals surface area (Å²) in [6.07, 6.45) is 0. The number of amides is 1. The summed E-state index contributed by atoms with van der Waals surface area (Å²) in [5.74, 6) is -0.102. The predicted octanol–water partition coefficient (Wildman–Crippen LogP) is 4.21. The van der Waals surface area contributed by atoms with Gasteiger partial charge in [-0.15, -0.1) is 10.2 Å². The molecule has 0 saturated carbocycles. The van der Waals surface area contributed by atoms with E-state index in [4.69, 9.17) is 5.73 Å². The lowest BCUT2D eigenvalue weighted by Crippen LogP contribution is -2.19. The summed E-state index contributed by atoms with van der Waals surface area (Å²) in [5.41, 5.74) is 9.57. The highest BCUT2D eigenvalue weighted by atomic mass is 32.2. The van der Waals surface area contributed by atoms with Crippen molar-refractivity contribution >= 4 is 39.8 Å². The molecule has 0 aliphatic heterocycles. The molecule has 0 fully saturated rings. The number of aryl methyl sites for hydroxylation is 2. The standard InChI is InChI=1S/C18H18N4OS2/c1-11-8-12(2)10-14(9-11)20-16(23)15(13-6-4-3-5-7-13)24-18-22-21-17(19)25-18/h3-10,15H,1-2H3,(H2,19,21)(H,20,23). The molecule has 0 aliphatic rings. The molecule has 0 saturated heterocycles. The molecule has 1 heterocycles. The van der Waals surface area contributed by atoms with Crippen LogP contribution in [0.4, 0.5) is 10.8 Å². The van der Waals surface area contributed by atoms with E-state index in [1.165, 1.54) is 23.1 Å². The van der Waals surface area contributed by atoms with Gasteiger partial charge in [0, 0.05) is 5.69 Å². The molecule has 0 radical (unpaired) electrons. The summed E-state index contributed by atoms with van der Waals surface area (Å²) in [6.45, 7) is 4.02. The van der Waals surface area contributed by atoms with Crippen molar-refractivity contribution in [2.45, 2.75) is 23.4 Å². The maximum absolute atomic E-state index is 12.9. The van der Waals surface area contributed by atoms with Crippen molar-refractivity contribution in [1.82, 2.24) is 10.2 Å². The number of nitrogens with two attached hydrogens (primary N) is 1. The number of hydrogen-bond acceptors (Lipinski definition) is 6. The Morgan fingerprint density at radius 1 is 1.12 bits per heavy atom. The number of nitrogen functional groups attached to an aromatic ring is 1. The average Bonchev–Trinajstić information content (AvgIpc) is 2.97. The Morgan fingerprint density at radius 2 is 1.80 bits per heavy atom. The van der Waals surface area contributed by atoms with Gasteiger partial charge in [0.1, 0.15) is 5.25 Å². The number of thioether (sulfide) groups is 1. The van der Waals surface area contributed by atoms with E-state index in [2.05, 4.69) is 21.6 Å². The van der Waals surface area contributed by atoms with Crippen molar-refractivity contribution in [1.29, 1.82) is 0 Å². The van der Waals surface area contributed by atoms with Crippen LogP contribution in [0.3, 0.4) is 0 Å². The zero-order chi connectivity index (χ0) is 17.8. The molecule has 0 bridgehead atoms. The largest absolute Gasteiger partial charge is 0.374 e. The molecule has 1 atom stereocenters. The van der Waals surface area contributed by atoms with Gasteiger partial charge in [0.15, 0.2) is 4.34 Å². The van der Waals surface area contributed by atoms with E-state index in [1.54, 1.807) is 0 Å². The van der Waals surface area contributed by atoms with Gasteiger partial charge in [0.05, 0.1) is 0 Å². The smallest absolute Gasteiger partial charge is 0.242 e. The van der Waals surface area contributed by atoms with E-state index in [9.17, 15) is 4.79 Å². The molecule has 25 heavy (non-hydrogen) atoms. The molecule has 0 aliphatic carbocycles. The first kappa shape index (κ1) is 17.4. The molecule has 128 valence electrons. The summed E-state index contributed by atoms with van der Waals surface area (Å²) in [4.78, 5) is 12.9. The Balaban J connectivity index is 1.86. The van der Waals surface area contributed by atoms with Crippen molar-refractivity contribution < 1.29 is 4.79 Å². The van der Waals surface area contributed by atoms with Crippen molar-refractivity contribution in [2.24, 2.45) is 0 Å². The number of nitrogens with zero attached hydrogens (tertiary/aromatic N) is 2. The summed E-state index contributed by atoms with van der Waals surface area (Å²) in [5, 5.41) is 10.8. The second kappa shape index (κ2) is 7.67. The first-order chi connectivity index (χ1) is 12.0. The van der Waals surface area contributed by atoms with E-state index >= 15 is 0 Å². The van der Waals surface area contributed by atoms with Crippen LogP contribution in [0, 0.1) is 13.8 Å². The molecule has 7 heteroatoms. The number of anilines is 2. The van der Waals surface area contributed by atoms with Crippen LogP contribution in [-0.4, -0.2) is 16.1 Å². The van der Waals surface area contributed by atoms with Crippen molar-refractivity contribution in [3.63, 3.8) is 0 Å². The molecule has 3 N–H and O–H groups in total. The highest BCUT2D eigenvalue weighted by Gasteiger charge is 2.24. The number of nitrogens with one attached hydrogen (secondary N) is 1. The minimum Gasteiger partial charge on any atom is -0.374 e. The van der Waals surface area contributed by atoms with E-state index in [0.717, 1.165) is 22.4 Å². The van der Waals surface area contributed by atoms with E-state index in [-0.39, 0.29) is 5.91 Å². The van der Waals surface area contributed by atoms with Gasteiger partial charge in [-0.25, -0.2) is 0 Å². The monoisotopic (exact) mass is 370 g/mol. The Bertz CT molecular complexity index is 860. The molecular formula is C18H18N4OS2. The van der Waals surface area contributed by atoms with Crippen molar-refractivity contribution in [3.8, 4) is 0 Å². The number of rotatable bonds is 5. The third kappa shape index (κ3) is 4.58. The first-order valence-electron chi connectivity index (χ1n) is 7.71. The van der Waals surface area contributed by atoms with Gasteiger partial charge in [0.2, 0.25) is 11.0 Å². The second-order valence-electron chi connectivity index (χ2n) is 5.68. The van der Waals surface area contributed by atoms with Gasteiger partial charge in [-0.05, 0) is 42.7 Å². The number of carbonyl (C=O) groups excluding carboxylic acids is 1. The first-order valence-corrected chi connectivity index (χ1v) is 9.40. The van der Waals surface area contributed by atoms with Gasteiger partial charge in [-0.2, -0.15) is 0 Å². The zero-order valence-electron chi connectivity index (χ0n) is 13.9. The quantitative estimate of drug-likeness (QED) is 0.658. The van der Waals surface area contributed by atoms with Gasteiger partial charge < -0.3 is 11.1 Å². The average molecular weight is 371 g/mol. The Morgan fingerprint density at radius 3 is 2.40 bits per heavy atom. The summed E-state index contributed by atoms with van der Waals surface area (Å²) in [7, 11) is 0. The van der Waals surface area contributed by atoms with Gasteiger partial charge in [-0.3, -0.25) is 4.79 Å². The number of hydrogen-bond donors (Lipinski definition) is 2. The third-order valence-corrected chi connectivity index (χ3v) is 5.56. The molecule has 3 rings (SSSR count). The van der Waals surface area contributed by atoms with Crippen LogP contribution in [0.5, 0.6) is 0 Å². The minimum absolute atomic E-state index is 0.102. The van der Waals surface area contributed by atoms with E-state index in [1.807, 2.05) is 56.3 Å². The SMILES string of the molecule is Cc1cc(C)cc(NC(=O)C(Sc2nnc(N)s2)c2ccccc2)c1. The van der Waals surface area contributed by atoms with E-state index in [0.29, 0.717) is 9.47 Å². The Hall–Kier alpha value is -2.38. The molecule has 1 amide bonds. The minimum atomic E-state index is -0.436. The molecule has 1 unspecified atom stereocenters. The molecule has 5 nitrogen and oxygen atoms in total. The third-order valence-electron chi connectivity index (χ3n) is 3.47. The van der Waals surface area contributed by atoms with Crippen LogP contribution in [0.1, 0.15) is 21.9 Å². The van der Waals surface area contributed by atoms with Crippen LogP contribution in [0.15, 0.2) is 52.9 Å². The fourth-order valence-corrected chi connectivity index (χ4v) is 4.35. The van der Waals surface area contributed by atoms with Gasteiger partial charge in [0.25, 0.3) is 0 Å². The molecular weight excluding hydrogens is 352 g/mol. The lowest BCUT2D eigenvalue weighted by Gasteiger charge is -2.16. The maximum atomic E-state index is 12.9. The van der Waals surface area contributed by atoms with E-state index < -0.39 is 5.25 Å². The van der Waals surface area contributed by atoms with Crippen LogP contribution in [-0.2, 0) is 4.79 Å². The lowest BCUT2D eigenvalue weighted by atomic mass is 10.1. The number of aromatic nitrogens is 2. The van der Waals surface area contributed by atoms with Gasteiger partial charge >= 0.3 is 0 Å². The molecule has 3 aromatic rings. The van der Waals surface area contributed by atoms with Crippen LogP contribution < -0.4 is 11.1 Å².